The molecule has 0 bridgehead atoms. The van der Waals surface area contributed by atoms with Crippen LogP contribution in [0.25, 0.3) is 0 Å². The summed E-state index contributed by atoms with van der Waals surface area (Å²) in [5.74, 6) is 0.696. The van der Waals surface area contributed by atoms with Crippen molar-refractivity contribution in [3.05, 3.63) is 21.9 Å². The van der Waals surface area contributed by atoms with Crippen LogP contribution in [-0.4, -0.2) is 0 Å². The van der Waals surface area contributed by atoms with Crippen molar-refractivity contribution in [1.29, 1.82) is 0 Å². The van der Waals surface area contributed by atoms with Gasteiger partial charge in [0.05, 0.1) is 0 Å². The summed E-state index contributed by atoms with van der Waals surface area (Å²) in [7, 11) is 0. The van der Waals surface area contributed by atoms with Gasteiger partial charge in [0.2, 0.25) is 0 Å². The zero-order chi connectivity index (χ0) is 7.56. The predicted octanol–water partition coefficient (Wildman–Crippen LogP) is 3.81. The molecule has 0 aliphatic heterocycles. The zero-order valence-electron chi connectivity index (χ0n) is 6.23. The Morgan fingerprint density at radius 3 is 2.50 bits per heavy atom. The molecule has 0 amide bonds. The van der Waals surface area contributed by atoms with Crippen LogP contribution in [0.4, 0.5) is 0 Å². The van der Waals surface area contributed by atoms with Crippen LogP contribution < -0.4 is 0 Å². The van der Waals surface area contributed by atoms with Crippen molar-refractivity contribution in [2.24, 2.45) is 0 Å². The molecule has 0 aliphatic carbocycles. The second-order valence-corrected chi connectivity index (χ2v) is 4.56. The number of rotatable bonds is 2. The number of hydrogen-bond acceptors (Lipinski definition) is 1. The highest BCUT2D eigenvalue weighted by Gasteiger charge is 2.01. The first kappa shape index (κ1) is 8.53. The monoisotopic (exact) mass is 266 g/mol. The van der Waals surface area contributed by atoms with E-state index in [1.54, 1.807) is 0 Å². The molecule has 0 aliphatic rings. The normalized spacial score (nSPS) is 10.8. The fraction of sp³-hybridized carbons (Fsp3) is 0.500. The number of thiophene rings is 1. The van der Waals surface area contributed by atoms with Crippen LogP contribution in [0.2, 0.25) is 0 Å². The van der Waals surface area contributed by atoms with E-state index in [-0.39, 0.29) is 0 Å². The summed E-state index contributed by atoms with van der Waals surface area (Å²) >= 11 is 4.33. The van der Waals surface area contributed by atoms with Gasteiger partial charge in [0.25, 0.3) is 0 Å². The quantitative estimate of drug-likeness (QED) is 0.564. The summed E-state index contributed by atoms with van der Waals surface area (Å²) in [6.45, 7) is 4.48. The highest BCUT2D eigenvalue weighted by atomic mass is 127. The lowest BCUT2D eigenvalue weighted by Crippen LogP contribution is -1.77. The molecule has 0 nitrogen and oxygen atoms in total. The second kappa shape index (κ2) is 3.72. The Balaban J connectivity index is 2.78. The van der Waals surface area contributed by atoms with Gasteiger partial charge in [-0.05, 0) is 18.1 Å². The van der Waals surface area contributed by atoms with Gasteiger partial charge in [0, 0.05) is 14.2 Å². The summed E-state index contributed by atoms with van der Waals surface area (Å²) in [6.07, 6.45) is 0. The molecule has 0 radical (unpaired) electrons. The van der Waals surface area contributed by atoms with Gasteiger partial charge < -0.3 is 0 Å². The maximum Gasteiger partial charge on any atom is 0.0341 e. The van der Waals surface area contributed by atoms with Crippen LogP contribution in [0, 0.1) is 0 Å². The molecule has 0 aromatic carbocycles. The molecule has 0 unspecified atom stereocenters. The average molecular weight is 266 g/mol. The molecule has 1 rings (SSSR count). The Labute approximate surface area is 79.8 Å². The van der Waals surface area contributed by atoms with E-state index in [4.69, 9.17) is 0 Å². The van der Waals surface area contributed by atoms with Gasteiger partial charge in [0.15, 0.2) is 0 Å². The molecule has 0 saturated carbocycles. The van der Waals surface area contributed by atoms with Gasteiger partial charge in [-0.25, -0.2) is 0 Å². The van der Waals surface area contributed by atoms with Crippen LogP contribution in [0.5, 0.6) is 0 Å². The number of alkyl halides is 1. The summed E-state index contributed by atoms with van der Waals surface area (Å²) in [6, 6.07) is 4.47. The fourth-order valence-electron chi connectivity index (χ4n) is 0.777. The van der Waals surface area contributed by atoms with Crippen molar-refractivity contribution in [2.75, 3.05) is 0 Å². The van der Waals surface area contributed by atoms with Gasteiger partial charge in [0.1, 0.15) is 0 Å². The third-order valence-corrected chi connectivity index (χ3v) is 4.11. The molecule has 10 heavy (non-hydrogen) atoms. The first-order valence-corrected chi connectivity index (χ1v) is 5.73. The first-order valence-electron chi connectivity index (χ1n) is 3.38. The minimum absolute atomic E-state index is 0.696. The Kier molecular flexibility index (Phi) is 3.17. The number of hydrogen-bond donors (Lipinski definition) is 0. The molecule has 0 atom stereocenters. The van der Waals surface area contributed by atoms with E-state index in [9.17, 15) is 0 Å². The average Bonchev–Trinajstić information content (AvgIpc) is 2.34. The summed E-state index contributed by atoms with van der Waals surface area (Å²) in [4.78, 5) is 3.00. The molecule has 1 aromatic heterocycles. The molecule has 56 valence electrons. The van der Waals surface area contributed by atoms with Gasteiger partial charge in [-0.1, -0.05) is 36.4 Å². The highest BCUT2D eigenvalue weighted by molar-refractivity contribution is 14.1. The SMILES string of the molecule is CC(C)c1ccc(CI)s1. The molecule has 0 spiro atoms. The lowest BCUT2D eigenvalue weighted by molar-refractivity contribution is 0.890. The van der Waals surface area contributed by atoms with Gasteiger partial charge >= 0.3 is 0 Å². The summed E-state index contributed by atoms with van der Waals surface area (Å²) in [5.41, 5.74) is 0. The van der Waals surface area contributed by atoms with Crippen LogP contribution in [0.15, 0.2) is 12.1 Å². The minimum atomic E-state index is 0.696. The maximum atomic E-state index is 2.40. The zero-order valence-corrected chi connectivity index (χ0v) is 9.20. The van der Waals surface area contributed by atoms with Crippen molar-refractivity contribution < 1.29 is 0 Å². The summed E-state index contributed by atoms with van der Waals surface area (Å²) in [5, 5.41) is 0. The first-order chi connectivity index (χ1) is 4.74. The van der Waals surface area contributed by atoms with E-state index >= 15 is 0 Å². The predicted molar refractivity (Wildman–Crippen MR) is 56.1 cm³/mol. The van der Waals surface area contributed by atoms with E-state index in [1.807, 2.05) is 11.3 Å². The van der Waals surface area contributed by atoms with Crippen molar-refractivity contribution >= 4 is 33.9 Å². The number of halogens is 1. The van der Waals surface area contributed by atoms with E-state index in [0.29, 0.717) is 5.92 Å². The van der Waals surface area contributed by atoms with Crippen LogP contribution in [0.1, 0.15) is 29.5 Å². The Morgan fingerprint density at radius 2 is 2.20 bits per heavy atom. The van der Waals surface area contributed by atoms with Gasteiger partial charge in [-0.3, -0.25) is 0 Å². The molecular formula is C8H11IS. The van der Waals surface area contributed by atoms with Crippen LogP contribution in [-0.2, 0) is 4.43 Å². The van der Waals surface area contributed by atoms with E-state index in [0.717, 1.165) is 4.43 Å². The van der Waals surface area contributed by atoms with E-state index in [2.05, 4.69) is 48.6 Å². The third kappa shape index (κ3) is 1.95. The van der Waals surface area contributed by atoms with Crippen molar-refractivity contribution in [2.45, 2.75) is 24.2 Å². The highest BCUT2D eigenvalue weighted by Crippen LogP contribution is 2.25. The molecule has 0 saturated heterocycles. The molecule has 1 heterocycles. The Hall–Kier alpha value is 0.430. The van der Waals surface area contributed by atoms with Crippen LogP contribution >= 0.6 is 33.9 Å². The van der Waals surface area contributed by atoms with Crippen molar-refractivity contribution in [3.8, 4) is 0 Å². The van der Waals surface area contributed by atoms with Crippen molar-refractivity contribution in [3.63, 3.8) is 0 Å². The van der Waals surface area contributed by atoms with Crippen LogP contribution in [0.3, 0.4) is 0 Å². The molecule has 2 heteroatoms. The largest absolute Gasteiger partial charge is 0.144 e. The fourth-order valence-corrected chi connectivity index (χ4v) is 2.36. The van der Waals surface area contributed by atoms with E-state index < -0.39 is 0 Å². The molecule has 0 N–H and O–H groups in total. The lowest BCUT2D eigenvalue weighted by atomic mass is 10.2. The lowest BCUT2D eigenvalue weighted by Gasteiger charge is -1.96. The van der Waals surface area contributed by atoms with Gasteiger partial charge in [-0.15, -0.1) is 11.3 Å². The van der Waals surface area contributed by atoms with Crippen molar-refractivity contribution in [1.82, 2.24) is 0 Å². The van der Waals surface area contributed by atoms with E-state index in [1.165, 1.54) is 9.75 Å². The molecule has 0 fully saturated rings. The standard InChI is InChI=1S/C8H11IS/c1-6(2)8-4-3-7(5-9)10-8/h3-4,6H,5H2,1-2H3. The maximum absolute atomic E-state index is 2.40. The smallest absolute Gasteiger partial charge is 0.0341 e. The second-order valence-electron chi connectivity index (χ2n) is 2.59. The van der Waals surface area contributed by atoms with Gasteiger partial charge in [-0.2, -0.15) is 0 Å². The minimum Gasteiger partial charge on any atom is -0.144 e. The topological polar surface area (TPSA) is 0 Å². The summed E-state index contributed by atoms with van der Waals surface area (Å²) < 4.78 is 1.15. The third-order valence-electron chi connectivity index (χ3n) is 1.38. The Morgan fingerprint density at radius 1 is 1.50 bits per heavy atom. The Bertz CT molecular complexity index is 203. The molecular weight excluding hydrogens is 255 g/mol. The molecule has 1 aromatic rings.